The van der Waals surface area contributed by atoms with Gasteiger partial charge in [0.25, 0.3) is 5.91 Å². The van der Waals surface area contributed by atoms with Crippen LogP contribution in [-0.2, 0) is 20.8 Å². The van der Waals surface area contributed by atoms with E-state index in [1.807, 2.05) is 47.4 Å². The average Bonchev–Trinajstić information content (AvgIpc) is 3.79. The first-order chi connectivity index (χ1) is 26.9. The van der Waals surface area contributed by atoms with Gasteiger partial charge in [0.05, 0.1) is 0 Å². The molecule has 10 nitrogen and oxygen atoms in total. The zero-order valence-corrected chi connectivity index (χ0v) is 35.6. The Labute approximate surface area is 339 Å². The molecule has 1 aliphatic carbocycles. The minimum Gasteiger partial charge on any atom is -0.355 e. The van der Waals surface area contributed by atoms with Gasteiger partial charge in [-0.2, -0.15) is 0 Å². The molecule has 0 radical (unpaired) electrons. The lowest BCUT2D eigenvalue weighted by atomic mass is 9.75. The number of piperazine rings is 2. The third-order valence-electron chi connectivity index (χ3n) is 12.0. The molecular formula is C47H65N5O5. The van der Waals surface area contributed by atoms with Crippen LogP contribution < -0.4 is 10.6 Å². The Morgan fingerprint density at radius 3 is 2.14 bits per heavy atom. The van der Waals surface area contributed by atoms with Gasteiger partial charge in [0.15, 0.2) is 11.5 Å². The highest BCUT2D eigenvalue weighted by Gasteiger charge is 2.50. The van der Waals surface area contributed by atoms with Crippen LogP contribution in [0.3, 0.4) is 0 Å². The van der Waals surface area contributed by atoms with Crippen LogP contribution in [0.15, 0.2) is 65.2 Å². The molecule has 3 heterocycles. The number of aryl methyl sites for hydroxylation is 1. The zero-order valence-electron chi connectivity index (χ0n) is 35.6. The van der Waals surface area contributed by atoms with Gasteiger partial charge in [-0.3, -0.25) is 19.2 Å². The topological polar surface area (TPSA) is 125 Å². The Bertz CT molecular complexity index is 1880. The lowest BCUT2D eigenvalue weighted by Crippen LogP contribution is -2.63. The van der Waals surface area contributed by atoms with E-state index in [0.717, 1.165) is 31.2 Å². The lowest BCUT2D eigenvalue weighted by Gasteiger charge is -2.44. The quantitative estimate of drug-likeness (QED) is 0.171. The Hall–Kier alpha value is -4.47. The first-order valence-electron chi connectivity index (χ1n) is 21.2. The van der Waals surface area contributed by atoms with E-state index in [1.165, 1.54) is 11.1 Å². The molecule has 1 saturated carbocycles. The van der Waals surface area contributed by atoms with Gasteiger partial charge < -0.3 is 25.0 Å². The predicted octanol–water partition coefficient (Wildman–Crippen LogP) is 8.03. The molecule has 2 saturated heterocycles. The Balaban J connectivity index is 1.13. The van der Waals surface area contributed by atoms with Crippen molar-refractivity contribution in [2.45, 2.75) is 137 Å². The molecule has 57 heavy (non-hydrogen) atoms. The fraction of sp³-hybridized carbons (Fsp3) is 0.596. The van der Waals surface area contributed by atoms with Crippen LogP contribution in [0, 0.1) is 28.6 Å². The number of hydrogen-bond donors (Lipinski definition) is 2. The smallest absolute Gasteiger partial charge is 0.276 e. The lowest BCUT2D eigenvalue weighted by molar-refractivity contribution is -0.147. The second-order valence-corrected chi connectivity index (χ2v) is 19.7. The highest BCUT2D eigenvalue weighted by Crippen LogP contribution is 2.49. The fourth-order valence-corrected chi connectivity index (χ4v) is 9.47. The van der Waals surface area contributed by atoms with Crippen molar-refractivity contribution in [1.82, 2.24) is 25.6 Å². The van der Waals surface area contributed by atoms with Crippen molar-refractivity contribution in [2.75, 3.05) is 13.1 Å². The van der Waals surface area contributed by atoms with E-state index in [1.54, 1.807) is 11.0 Å². The number of nitrogens with one attached hydrogen (secondary N) is 2. The summed E-state index contributed by atoms with van der Waals surface area (Å²) in [6.07, 6.45) is 5.05. The van der Waals surface area contributed by atoms with Gasteiger partial charge >= 0.3 is 0 Å². The predicted molar refractivity (Wildman–Crippen MR) is 223 cm³/mol. The van der Waals surface area contributed by atoms with Crippen LogP contribution in [0.25, 0.3) is 11.3 Å². The molecule has 7 unspecified atom stereocenters. The van der Waals surface area contributed by atoms with Gasteiger partial charge in [-0.25, -0.2) is 0 Å². The molecule has 7 atom stereocenters. The maximum Gasteiger partial charge on any atom is 0.276 e. The molecule has 3 aromatic rings. The van der Waals surface area contributed by atoms with Crippen LogP contribution in [0.2, 0.25) is 0 Å². The van der Waals surface area contributed by atoms with Crippen LogP contribution in [0.1, 0.15) is 128 Å². The largest absolute Gasteiger partial charge is 0.355 e. The normalized spacial score (nSPS) is 24.6. The van der Waals surface area contributed by atoms with E-state index in [-0.39, 0.29) is 75.9 Å². The van der Waals surface area contributed by atoms with Crippen molar-refractivity contribution in [3.63, 3.8) is 0 Å². The summed E-state index contributed by atoms with van der Waals surface area (Å²) in [7, 11) is 0. The number of nitrogens with zero attached hydrogens (tertiary/aromatic N) is 3. The van der Waals surface area contributed by atoms with Gasteiger partial charge in [0.2, 0.25) is 17.7 Å². The second-order valence-electron chi connectivity index (χ2n) is 19.7. The Kier molecular flexibility index (Phi) is 12.7. The third-order valence-corrected chi connectivity index (χ3v) is 12.0. The maximum absolute atomic E-state index is 14.3. The zero-order chi connectivity index (χ0) is 41.2. The fourth-order valence-electron chi connectivity index (χ4n) is 9.47. The average molecular weight is 780 g/mol. The summed E-state index contributed by atoms with van der Waals surface area (Å²) in [5.74, 6) is 0.528. The summed E-state index contributed by atoms with van der Waals surface area (Å²) in [5, 5.41) is 10.7. The minimum absolute atomic E-state index is 0.00291. The van der Waals surface area contributed by atoms with Gasteiger partial charge in [0.1, 0.15) is 12.1 Å². The number of amides is 4. The molecule has 10 heteroatoms. The second kappa shape index (κ2) is 17.2. The first-order valence-corrected chi connectivity index (χ1v) is 21.2. The third kappa shape index (κ3) is 10.5. The maximum atomic E-state index is 14.3. The van der Waals surface area contributed by atoms with E-state index in [0.29, 0.717) is 38.1 Å². The van der Waals surface area contributed by atoms with Crippen molar-refractivity contribution in [3.8, 4) is 11.3 Å². The van der Waals surface area contributed by atoms with Crippen molar-refractivity contribution in [1.29, 1.82) is 0 Å². The molecule has 6 rings (SSSR count). The number of benzene rings is 2. The van der Waals surface area contributed by atoms with E-state index >= 15 is 0 Å². The minimum atomic E-state index is -0.604. The van der Waals surface area contributed by atoms with Gasteiger partial charge in [-0.05, 0) is 84.7 Å². The summed E-state index contributed by atoms with van der Waals surface area (Å²) in [6.45, 7) is 20.1. The van der Waals surface area contributed by atoms with Gasteiger partial charge in [0, 0.05) is 42.7 Å². The molecule has 0 spiro atoms. The van der Waals surface area contributed by atoms with Gasteiger partial charge in [-0.15, -0.1) is 0 Å². The molecule has 2 N–H and O–H groups in total. The van der Waals surface area contributed by atoms with E-state index in [4.69, 9.17) is 4.52 Å². The van der Waals surface area contributed by atoms with Crippen LogP contribution in [-0.4, -0.2) is 75.8 Å². The summed E-state index contributed by atoms with van der Waals surface area (Å²) >= 11 is 0. The number of carbonyl (C=O) groups is 4. The standard InChI is InChI=1S/C47H65N5O5/c1-10-31-16-18-33(19-17-31)41-23-38(50-57-41)45(56)51-27-34(48-42(53)39(51)20-29(2)3)21-30(4)24-47(8,9)26-40-43(54)49-35(25-46(5,6)7)28-52(40)44(55)37-22-36(37)32-14-12-11-13-15-32/h11-19,23,29-30,34-37,39-40H,10,20-22,24-28H2,1-9H3,(H,48,53)(H,49,54). The number of aromatic nitrogens is 1. The van der Waals surface area contributed by atoms with Gasteiger partial charge in [-0.1, -0.05) is 122 Å². The van der Waals surface area contributed by atoms with Crippen LogP contribution in [0.4, 0.5) is 0 Å². The molecule has 4 amide bonds. The molecule has 0 bridgehead atoms. The summed E-state index contributed by atoms with van der Waals surface area (Å²) in [4.78, 5) is 59.6. The number of rotatable bonds is 14. The SMILES string of the molecule is CCc1ccc(-c2cc(C(=O)N3CC(CC(C)CC(C)(C)CC4C(=O)NC(CC(C)(C)C)CN4C(=O)C4CC4c4ccccc4)NC(=O)C3CC(C)C)no2)cc1. The van der Waals surface area contributed by atoms with E-state index in [2.05, 4.69) is 90.2 Å². The molecule has 2 aromatic carbocycles. The van der Waals surface area contributed by atoms with Crippen molar-refractivity contribution in [3.05, 3.63) is 77.5 Å². The molecule has 308 valence electrons. The van der Waals surface area contributed by atoms with Crippen LogP contribution in [0.5, 0.6) is 0 Å². The highest BCUT2D eigenvalue weighted by atomic mass is 16.5. The molecule has 2 aliphatic heterocycles. The molecule has 3 aliphatic rings. The molecule has 3 fully saturated rings. The van der Waals surface area contributed by atoms with E-state index < -0.39 is 12.1 Å². The van der Waals surface area contributed by atoms with E-state index in [9.17, 15) is 19.2 Å². The number of carbonyl (C=O) groups excluding carboxylic acids is 4. The van der Waals surface area contributed by atoms with Crippen molar-refractivity contribution >= 4 is 23.6 Å². The number of hydrogen-bond acceptors (Lipinski definition) is 6. The summed E-state index contributed by atoms with van der Waals surface area (Å²) in [5.41, 5.74) is 3.14. The molecular weight excluding hydrogens is 715 g/mol. The highest BCUT2D eigenvalue weighted by molar-refractivity contribution is 5.97. The Morgan fingerprint density at radius 2 is 1.49 bits per heavy atom. The summed E-state index contributed by atoms with van der Waals surface area (Å²) < 4.78 is 5.64. The summed E-state index contributed by atoms with van der Waals surface area (Å²) in [6, 6.07) is 18.4. The monoisotopic (exact) mass is 779 g/mol. The van der Waals surface area contributed by atoms with Crippen molar-refractivity contribution in [2.24, 2.45) is 28.6 Å². The first kappa shape index (κ1) is 42.1. The molecule has 1 aromatic heterocycles. The Morgan fingerprint density at radius 1 is 0.842 bits per heavy atom. The van der Waals surface area contributed by atoms with Crippen molar-refractivity contribution < 1.29 is 23.7 Å². The van der Waals surface area contributed by atoms with Crippen LogP contribution >= 0.6 is 0 Å².